The molecule has 70 valence electrons. The van der Waals surface area contributed by atoms with Gasteiger partial charge in [0.05, 0.1) is 11.5 Å². The second kappa shape index (κ2) is 11.3. The molecule has 0 atom stereocenters. The molecule has 1 aromatic carbocycles. The molecule has 0 unspecified atom stereocenters. The van der Waals surface area contributed by atoms with Crippen molar-refractivity contribution < 1.29 is 147 Å². The van der Waals surface area contributed by atoms with E-state index >= 15 is 0 Å². The van der Waals surface area contributed by atoms with Gasteiger partial charge in [0.15, 0.2) is 0 Å². The maximum absolute atomic E-state index is 10.4. The smallest absolute Gasteiger partial charge is 1.00 e. The van der Waals surface area contributed by atoms with E-state index in [-0.39, 0.29) is 138 Å². The molecule has 1 rings (SSSR count). The molecule has 15 heavy (non-hydrogen) atoms. The Kier molecular flexibility index (Phi) is 16.8. The van der Waals surface area contributed by atoms with Crippen LogP contribution in [-0.2, 0) is 0 Å². The summed E-state index contributed by atoms with van der Waals surface area (Å²) in [5, 5.41) is 18.9. The fraction of sp³-hybridized carbons (Fsp3) is 0. The zero-order valence-corrected chi connectivity index (χ0v) is 16.8. The molecule has 4 nitrogen and oxygen atoms in total. The van der Waals surface area contributed by atoms with Gasteiger partial charge in [-0.1, -0.05) is 18.2 Å². The number of hydrogen-bond donors (Lipinski definition) is 1. The number of halogens is 1. The Morgan fingerprint density at radius 1 is 1.07 bits per heavy atom. The van der Waals surface area contributed by atoms with Crippen LogP contribution in [0, 0.1) is 0 Å². The monoisotopic (exact) mass is 370 g/mol. The van der Waals surface area contributed by atoms with Gasteiger partial charge in [-0.3, -0.25) is 0 Å². The summed E-state index contributed by atoms with van der Waals surface area (Å²) in [7, 11) is 0. The second-order valence-electron chi connectivity index (χ2n) is 2.14. The van der Waals surface area contributed by atoms with E-state index in [0.717, 1.165) is 0 Å². The second-order valence-corrected chi connectivity index (χ2v) is 2.14. The summed E-state index contributed by atoms with van der Waals surface area (Å²) in [5.41, 5.74) is -0.553. The summed E-state index contributed by atoms with van der Waals surface area (Å²) in [5.74, 6) is -2.75. The van der Waals surface area contributed by atoms with Gasteiger partial charge in [0, 0.05) is 5.56 Å². The third kappa shape index (κ3) is 7.24. The van der Waals surface area contributed by atoms with Gasteiger partial charge in [-0.25, -0.2) is 4.79 Å². The molecule has 0 amide bonds. The molecule has 0 radical (unpaired) electrons. The molecule has 0 heterocycles. The number of hydrogen-bond acceptors (Lipinski definition) is 3. The Morgan fingerprint density at radius 2 is 1.47 bits per heavy atom. The van der Waals surface area contributed by atoms with E-state index in [4.69, 9.17) is 5.11 Å². The summed E-state index contributed by atoms with van der Waals surface area (Å²) in [6, 6.07) is 5.31. The van der Waals surface area contributed by atoms with E-state index in [0.29, 0.717) is 0 Å². The van der Waals surface area contributed by atoms with Gasteiger partial charge in [0.25, 0.3) is 0 Å². The van der Waals surface area contributed by atoms with Gasteiger partial charge < -0.3 is 39.0 Å². The molecule has 1 aromatic rings. The molecule has 0 aromatic heterocycles. The first-order chi connectivity index (χ1) is 5.63. The molecule has 0 aliphatic carbocycles. The van der Waals surface area contributed by atoms with Gasteiger partial charge in [0.2, 0.25) is 0 Å². The van der Waals surface area contributed by atoms with Crippen molar-refractivity contribution in [1.82, 2.24) is 0 Å². The Balaban J connectivity index is -0.000000480. The molecule has 0 fully saturated rings. The zero-order valence-electron chi connectivity index (χ0n) is 8.36. The number of carbonyl (C=O) groups excluding carboxylic acids is 1. The Hall–Kier alpha value is 2.16. The van der Waals surface area contributed by atoms with Crippen LogP contribution in [-0.4, -0.2) is 17.0 Å². The minimum atomic E-state index is -1.48. The maximum Gasteiger partial charge on any atom is 1.00 e. The zero-order chi connectivity index (χ0) is 9.14. The van der Waals surface area contributed by atoms with Crippen LogP contribution < -0.4 is 132 Å². The van der Waals surface area contributed by atoms with Crippen LogP contribution in [0.15, 0.2) is 24.3 Å². The average molecular weight is 370 g/mol. The predicted octanol–water partition coefficient (Wildman–Crippen LogP) is -9.24. The van der Waals surface area contributed by atoms with Crippen LogP contribution in [0.3, 0.4) is 0 Å². The topological polar surface area (TPSA) is 77.4 Å². The maximum atomic E-state index is 10.4. The van der Waals surface area contributed by atoms with Crippen molar-refractivity contribution in [3.8, 4) is 0 Å². The quantitative estimate of drug-likeness (QED) is 0.415. The van der Waals surface area contributed by atoms with E-state index in [1.165, 1.54) is 24.3 Å². The van der Waals surface area contributed by atoms with Crippen LogP contribution in [0.25, 0.3) is 0 Å². The molecule has 1 N–H and O–H groups in total. The SMILES string of the molecule is O=C([O-])c1ccccc1C(=O)O.[I-].[K+].[K+]. The molecule has 0 spiro atoms. The van der Waals surface area contributed by atoms with Gasteiger partial charge in [-0.2, -0.15) is 0 Å². The van der Waals surface area contributed by atoms with Crippen molar-refractivity contribution in [2.24, 2.45) is 0 Å². The summed E-state index contributed by atoms with van der Waals surface area (Å²) in [4.78, 5) is 20.8. The summed E-state index contributed by atoms with van der Waals surface area (Å²) >= 11 is 0. The van der Waals surface area contributed by atoms with E-state index < -0.39 is 11.9 Å². The molecule has 0 aliphatic rings. The van der Waals surface area contributed by atoms with Gasteiger partial charge in [-0.15, -0.1) is 0 Å². The molecule has 0 aliphatic heterocycles. The van der Waals surface area contributed by atoms with E-state index in [1.54, 1.807) is 0 Å². The largest absolute Gasteiger partial charge is 1.00 e. The van der Waals surface area contributed by atoms with Crippen molar-refractivity contribution in [3.63, 3.8) is 0 Å². The van der Waals surface area contributed by atoms with E-state index in [2.05, 4.69) is 0 Å². The van der Waals surface area contributed by atoms with Crippen LogP contribution >= 0.6 is 0 Å². The third-order valence-electron chi connectivity index (χ3n) is 1.38. The van der Waals surface area contributed by atoms with Crippen LogP contribution in [0.1, 0.15) is 20.7 Å². The van der Waals surface area contributed by atoms with Gasteiger partial charge >= 0.3 is 109 Å². The first-order valence-corrected chi connectivity index (χ1v) is 3.16. The number of aromatic carboxylic acids is 2. The fourth-order valence-corrected chi connectivity index (χ4v) is 0.848. The number of benzene rings is 1. The minimum Gasteiger partial charge on any atom is -1.00 e. The number of carboxylic acid groups (broad SMARTS) is 2. The number of carboxylic acids is 2. The van der Waals surface area contributed by atoms with Crippen LogP contribution in [0.4, 0.5) is 0 Å². The van der Waals surface area contributed by atoms with Crippen molar-refractivity contribution in [3.05, 3.63) is 35.4 Å². The summed E-state index contributed by atoms with van der Waals surface area (Å²) < 4.78 is 0. The van der Waals surface area contributed by atoms with Gasteiger partial charge in [-0.05, 0) is 6.07 Å². The standard InChI is InChI=1S/C8H6O4.HI.2K/c9-7(10)5-3-1-2-4-6(5)8(11)12;;;/h1-4H,(H,9,10)(H,11,12);1H;;/q;;2*+1/p-2. The van der Waals surface area contributed by atoms with E-state index in [9.17, 15) is 14.7 Å². The molecular weight excluding hydrogens is 365 g/mol. The Morgan fingerprint density at radius 3 is 1.73 bits per heavy atom. The third-order valence-corrected chi connectivity index (χ3v) is 1.38. The first kappa shape index (κ1) is 22.4. The number of carbonyl (C=O) groups is 2. The summed E-state index contributed by atoms with van der Waals surface area (Å²) in [6.07, 6.45) is 0. The van der Waals surface area contributed by atoms with Gasteiger partial charge in [0.1, 0.15) is 0 Å². The summed E-state index contributed by atoms with van der Waals surface area (Å²) in [6.45, 7) is 0. The normalized spacial score (nSPS) is 7.47. The van der Waals surface area contributed by atoms with Crippen molar-refractivity contribution in [1.29, 1.82) is 0 Å². The average Bonchev–Trinajstić information content (AvgIpc) is 2.04. The number of rotatable bonds is 2. The molecule has 0 saturated carbocycles. The first-order valence-electron chi connectivity index (χ1n) is 3.16. The van der Waals surface area contributed by atoms with E-state index in [1.807, 2.05) is 0 Å². The van der Waals surface area contributed by atoms with Crippen LogP contribution in [0.2, 0.25) is 0 Å². The van der Waals surface area contributed by atoms with Crippen molar-refractivity contribution in [2.45, 2.75) is 0 Å². The Labute approximate surface area is 189 Å². The van der Waals surface area contributed by atoms with Crippen LogP contribution in [0.5, 0.6) is 0 Å². The molecule has 0 bridgehead atoms. The minimum absolute atomic E-state index is 0. The molecule has 7 heteroatoms. The fourth-order valence-electron chi connectivity index (χ4n) is 0.848. The van der Waals surface area contributed by atoms with Crippen molar-refractivity contribution in [2.75, 3.05) is 0 Å². The Bertz CT molecular complexity index is 310. The van der Waals surface area contributed by atoms with Crippen molar-refractivity contribution >= 4 is 11.9 Å². The molecular formula is C8H5IK2O4. The molecule has 0 saturated heterocycles. The predicted molar refractivity (Wildman–Crippen MR) is 37.7 cm³/mol.